The summed E-state index contributed by atoms with van der Waals surface area (Å²) in [5.74, 6) is 1.24. The second-order valence-corrected chi connectivity index (χ2v) is 3.60. The Morgan fingerprint density at radius 2 is 1.29 bits per heavy atom. The molecule has 0 heterocycles. The van der Waals surface area contributed by atoms with Crippen LogP contribution in [0.3, 0.4) is 0 Å². The van der Waals surface area contributed by atoms with Gasteiger partial charge < -0.3 is 14.3 Å². The minimum absolute atomic E-state index is 0.476. The molecule has 0 aliphatic heterocycles. The number of alkyl halides is 2. The Bertz CT molecular complexity index is 107. The van der Waals surface area contributed by atoms with E-state index in [0.717, 1.165) is 25.7 Å². The molecule has 0 aromatic heterocycles. The van der Waals surface area contributed by atoms with Gasteiger partial charge in [-0.15, -0.1) is 23.2 Å². The predicted molar refractivity (Wildman–Crippen MR) is 59.8 cm³/mol. The highest BCUT2D eigenvalue weighted by Gasteiger charge is 2.14. The normalized spacial score (nSPS) is 10.5. The summed E-state index contributed by atoms with van der Waals surface area (Å²) >= 11 is 10.9. The van der Waals surface area contributed by atoms with Gasteiger partial charge in [-0.3, -0.25) is 0 Å². The Kier molecular flexibility index (Phi) is 12.0. The first-order chi connectivity index (χ1) is 6.81. The van der Waals surface area contributed by atoms with E-state index in [1.165, 1.54) is 0 Å². The molecule has 0 saturated heterocycles. The fourth-order valence-electron chi connectivity index (χ4n) is 0.810. The van der Waals surface area contributed by atoms with Crippen LogP contribution in [0.1, 0.15) is 25.7 Å². The molecule has 0 unspecified atom stereocenters. The van der Waals surface area contributed by atoms with E-state index < -0.39 is 7.32 Å². The summed E-state index contributed by atoms with van der Waals surface area (Å²) in [7, 11) is -1.11. The minimum atomic E-state index is -1.11. The van der Waals surface area contributed by atoms with Gasteiger partial charge in [0, 0.05) is 25.0 Å². The third-order valence-electron chi connectivity index (χ3n) is 1.58. The van der Waals surface area contributed by atoms with Crippen molar-refractivity contribution in [3.8, 4) is 0 Å². The van der Waals surface area contributed by atoms with E-state index in [1.807, 2.05) is 0 Å². The van der Waals surface area contributed by atoms with E-state index in [-0.39, 0.29) is 0 Å². The van der Waals surface area contributed by atoms with E-state index in [9.17, 15) is 0 Å². The molecule has 0 fully saturated rings. The smallest absolute Gasteiger partial charge is 0.402 e. The molecule has 0 aliphatic carbocycles. The summed E-state index contributed by atoms with van der Waals surface area (Å²) in [5.41, 5.74) is 0. The Balaban J connectivity index is 3.07. The maximum absolute atomic E-state index is 9.14. The van der Waals surface area contributed by atoms with Crippen molar-refractivity contribution in [1.29, 1.82) is 0 Å². The van der Waals surface area contributed by atoms with Crippen molar-refractivity contribution in [2.45, 2.75) is 25.7 Å². The molecule has 0 radical (unpaired) electrons. The molecule has 0 aliphatic rings. The number of hydrogen-bond acceptors (Lipinski definition) is 3. The molecule has 0 spiro atoms. The van der Waals surface area contributed by atoms with Crippen molar-refractivity contribution in [2.75, 3.05) is 25.0 Å². The minimum Gasteiger partial charge on any atom is -0.402 e. The molecule has 1 N–H and O–H groups in total. The molecule has 84 valence electrons. The largest absolute Gasteiger partial charge is 0.636 e. The number of halogens is 2. The van der Waals surface area contributed by atoms with Gasteiger partial charge in [-0.1, -0.05) is 0 Å². The van der Waals surface area contributed by atoms with Crippen molar-refractivity contribution >= 4 is 30.5 Å². The molecule has 14 heavy (non-hydrogen) atoms. The van der Waals surface area contributed by atoms with E-state index in [1.54, 1.807) is 0 Å². The highest BCUT2D eigenvalue weighted by atomic mass is 35.5. The van der Waals surface area contributed by atoms with Crippen LogP contribution >= 0.6 is 23.2 Å². The van der Waals surface area contributed by atoms with Crippen LogP contribution in [-0.2, 0) is 9.31 Å². The van der Waals surface area contributed by atoms with Gasteiger partial charge in [0.25, 0.3) is 0 Å². The topological polar surface area (TPSA) is 38.7 Å². The van der Waals surface area contributed by atoms with Gasteiger partial charge >= 0.3 is 7.32 Å². The van der Waals surface area contributed by atoms with Crippen molar-refractivity contribution < 1.29 is 14.3 Å². The molecule has 0 aromatic carbocycles. The van der Waals surface area contributed by atoms with Gasteiger partial charge in [0.1, 0.15) is 0 Å². The van der Waals surface area contributed by atoms with Crippen molar-refractivity contribution in [2.24, 2.45) is 0 Å². The molecule has 0 amide bonds. The molecule has 6 heteroatoms. The number of unbranched alkanes of at least 4 members (excludes halogenated alkanes) is 2. The van der Waals surface area contributed by atoms with Gasteiger partial charge in [-0.05, 0) is 25.7 Å². The maximum Gasteiger partial charge on any atom is 0.636 e. The average Bonchev–Trinajstić information content (AvgIpc) is 2.19. The van der Waals surface area contributed by atoms with E-state index in [2.05, 4.69) is 0 Å². The summed E-state index contributed by atoms with van der Waals surface area (Å²) in [4.78, 5) is 0. The summed E-state index contributed by atoms with van der Waals surface area (Å²) in [6.07, 6.45) is 3.46. The van der Waals surface area contributed by atoms with Crippen molar-refractivity contribution in [3.05, 3.63) is 0 Å². The van der Waals surface area contributed by atoms with Crippen LogP contribution in [0.5, 0.6) is 0 Å². The zero-order valence-electron chi connectivity index (χ0n) is 8.25. The molecular formula is C8H17BCl2O3. The third-order valence-corrected chi connectivity index (χ3v) is 2.11. The van der Waals surface area contributed by atoms with Gasteiger partial charge in [0.2, 0.25) is 0 Å². The van der Waals surface area contributed by atoms with Crippen molar-refractivity contribution in [1.82, 2.24) is 0 Å². The quantitative estimate of drug-likeness (QED) is 0.362. The SMILES string of the molecule is OB(OCCCCCl)OCCCCCl. The van der Waals surface area contributed by atoms with Crippen LogP contribution in [-0.4, -0.2) is 37.3 Å². The Morgan fingerprint density at radius 3 is 1.64 bits per heavy atom. The van der Waals surface area contributed by atoms with Crippen LogP contribution in [0.2, 0.25) is 0 Å². The maximum atomic E-state index is 9.14. The standard InChI is InChI=1S/C8H17BCl2O3/c10-5-1-3-7-13-9(12)14-8-4-2-6-11/h12H,1-8H2. The Labute approximate surface area is 95.8 Å². The molecule has 0 bridgehead atoms. The van der Waals surface area contributed by atoms with Crippen LogP contribution in [0.4, 0.5) is 0 Å². The van der Waals surface area contributed by atoms with Crippen LogP contribution in [0.25, 0.3) is 0 Å². The lowest BCUT2D eigenvalue weighted by molar-refractivity contribution is 0.130. The summed E-state index contributed by atoms with van der Waals surface area (Å²) in [6, 6.07) is 0. The lowest BCUT2D eigenvalue weighted by Gasteiger charge is -2.07. The fraction of sp³-hybridized carbons (Fsp3) is 1.00. The first-order valence-electron chi connectivity index (χ1n) is 4.84. The van der Waals surface area contributed by atoms with Crippen LogP contribution < -0.4 is 0 Å². The van der Waals surface area contributed by atoms with Gasteiger partial charge in [-0.2, -0.15) is 0 Å². The van der Waals surface area contributed by atoms with E-state index in [0.29, 0.717) is 25.0 Å². The highest BCUT2D eigenvalue weighted by molar-refractivity contribution is 6.34. The number of hydrogen-bond donors (Lipinski definition) is 1. The zero-order chi connectivity index (χ0) is 10.6. The first kappa shape index (κ1) is 14.5. The molecule has 0 atom stereocenters. The van der Waals surface area contributed by atoms with E-state index in [4.69, 9.17) is 37.5 Å². The second kappa shape index (κ2) is 11.6. The number of rotatable bonds is 10. The fourth-order valence-corrected chi connectivity index (χ4v) is 1.19. The third kappa shape index (κ3) is 10.6. The summed E-state index contributed by atoms with van der Waals surface area (Å²) in [5, 5.41) is 9.14. The van der Waals surface area contributed by atoms with Crippen molar-refractivity contribution in [3.63, 3.8) is 0 Å². The Morgan fingerprint density at radius 1 is 0.857 bits per heavy atom. The zero-order valence-corrected chi connectivity index (χ0v) is 9.77. The molecule has 0 rings (SSSR count). The monoisotopic (exact) mass is 242 g/mol. The lowest BCUT2D eigenvalue weighted by Crippen LogP contribution is -2.23. The highest BCUT2D eigenvalue weighted by Crippen LogP contribution is 1.97. The average molecular weight is 243 g/mol. The van der Waals surface area contributed by atoms with Gasteiger partial charge in [0.05, 0.1) is 0 Å². The lowest BCUT2D eigenvalue weighted by atomic mass is 10.2. The second-order valence-electron chi connectivity index (χ2n) is 2.84. The first-order valence-corrected chi connectivity index (χ1v) is 5.91. The van der Waals surface area contributed by atoms with Gasteiger partial charge in [0.15, 0.2) is 0 Å². The van der Waals surface area contributed by atoms with Crippen LogP contribution in [0, 0.1) is 0 Å². The predicted octanol–water partition coefficient (Wildman–Crippen LogP) is 2.03. The van der Waals surface area contributed by atoms with Crippen LogP contribution in [0.15, 0.2) is 0 Å². The molecule has 0 aromatic rings. The molecular weight excluding hydrogens is 226 g/mol. The van der Waals surface area contributed by atoms with Gasteiger partial charge in [-0.25, -0.2) is 0 Å². The van der Waals surface area contributed by atoms with E-state index >= 15 is 0 Å². The summed E-state index contributed by atoms with van der Waals surface area (Å²) in [6.45, 7) is 0.951. The summed E-state index contributed by atoms with van der Waals surface area (Å²) < 4.78 is 9.93. The molecule has 3 nitrogen and oxygen atoms in total. The molecule has 0 saturated carbocycles. The Hall–Kier alpha value is 0.525.